The molecule has 1 saturated carbocycles. The molecule has 1 N–H and O–H groups in total. The van der Waals surface area contributed by atoms with Crippen LogP contribution in [0, 0.1) is 0 Å². The molecule has 0 spiro atoms. The fraction of sp³-hybridized carbons (Fsp3) is 0.176. The third kappa shape index (κ3) is 12.8. The monoisotopic (exact) mass is 914 g/mol. The molecule has 14 heteroatoms. The highest BCUT2D eigenvalue weighted by Gasteiger charge is 2.59. The van der Waals surface area contributed by atoms with E-state index in [0.29, 0.717) is 0 Å². The maximum atomic E-state index is 15.4. The highest BCUT2D eigenvalue weighted by atomic mass is 31.2. The van der Waals surface area contributed by atoms with Crippen molar-refractivity contribution < 1.29 is 55.6 Å². The van der Waals surface area contributed by atoms with E-state index < -0.39 is 52.3 Å². The van der Waals surface area contributed by atoms with Gasteiger partial charge >= 0.3 is 15.6 Å². The summed E-state index contributed by atoms with van der Waals surface area (Å²) in [5.74, 6) is 0.669. The van der Waals surface area contributed by atoms with Gasteiger partial charge in [0.25, 0.3) is 0 Å². The molecule has 0 aliphatic heterocycles. The third-order valence-corrected chi connectivity index (χ3v) is 12.9. The van der Waals surface area contributed by atoms with E-state index in [0.717, 1.165) is 16.7 Å². The number of rotatable bonds is 21. The van der Waals surface area contributed by atoms with Crippen molar-refractivity contribution in [1.82, 2.24) is 0 Å². The van der Waals surface area contributed by atoms with E-state index in [-0.39, 0.29) is 42.8 Å². The predicted octanol–water partition coefficient (Wildman–Crippen LogP) is 11.4. The van der Waals surface area contributed by atoms with Gasteiger partial charge in [-0.05, 0) is 65.2 Å². The molecule has 8 rings (SSSR count). The van der Waals surface area contributed by atoms with Gasteiger partial charge in [-0.2, -0.15) is 0 Å². The quantitative estimate of drug-likeness (QED) is 0.0687. The first-order chi connectivity index (χ1) is 31.8. The van der Waals surface area contributed by atoms with Gasteiger partial charge in [0, 0.05) is 0 Å². The van der Waals surface area contributed by atoms with Gasteiger partial charge in [0.05, 0.1) is 19.8 Å². The fourth-order valence-corrected chi connectivity index (χ4v) is 9.96. The number of hydrogen-bond acceptors (Lipinski definition) is 12. The van der Waals surface area contributed by atoms with Crippen molar-refractivity contribution in [2.75, 3.05) is 0 Å². The minimum absolute atomic E-state index is 0.0269. The van der Waals surface area contributed by atoms with Crippen LogP contribution in [-0.2, 0) is 52.2 Å². The van der Waals surface area contributed by atoms with E-state index in [1.165, 1.54) is 0 Å². The van der Waals surface area contributed by atoms with E-state index >= 15 is 9.13 Å². The number of benzene rings is 7. The van der Waals surface area contributed by atoms with Gasteiger partial charge < -0.3 is 37.4 Å². The summed E-state index contributed by atoms with van der Waals surface area (Å²) in [6, 6.07) is 61.5. The van der Waals surface area contributed by atoms with Crippen LogP contribution in [0.5, 0.6) is 23.0 Å². The average Bonchev–Trinajstić information content (AvgIpc) is 3.33. The van der Waals surface area contributed by atoms with Crippen LogP contribution in [0.2, 0.25) is 0 Å². The maximum Gasteiger partial charge on any atom is 0.588 e. The van der Waals surface area contributed by atoms with E-state index in [9.17, 15) is 5.11 Å². The number of phosphoric acid groups is 2. The first-order valence-corrected chi connectivity index (χ1v) is 23.9. The fourth-order valence-electron chi connectivity index (χ4n) is 7.12. The van der Waals surface area contributed by atoms with E-state index in [2.05, 4.69) is 0 Å². The summed E-state index contributed by atoms with van der Waals surface area (Å²) in [6.45, 7) is -0.118. The third-order valence-electron chi connectivity index (χ3n) is 10.2. The number of phosphoric ester groups is 2. The number of hydrogen-bond donors (Lipinski definition) is 1. The molecular weight excluding hydrogens is 866 g/mol. The lowest BCUT2D eigenvalue weighted by Crippen LogP contribution is -2.66. The van der Waals surface area contributed by atoms with E-state index in [1.807, 2.05) is 91.0 Å². The Balaban J connectivity index is 1.27. The van der Waals surface area contributed by atoms with Crippen molar-refractivity contribution in [3.63, 3.8) is 0 Å². The molecule has 65 heavy (non-hydrogen) atoms. The predicted molar refractivity (Wildman–Crippen MR) is 244 cm³/mol. The summed E-state index contributed by atoms with van der Waals surface area (Å²) < 4.78 is 88.7. The normalized spacial score (nSPS) is 19.8. The van der Waals surface area contributed by atoms with E-state index in [4.69, 9.17) is 41.4 Å². The molecule has 12 nitrogen and oxygen atoms in total. The summed E-state index contributed by atoms with van der Waals surface area (Å²) in [5, 5.41) is 12.8. The van der Waals surface area contributed by atoms with Gasteiger partial charge in [-0.15, -0.1) is 0 Å². The summed E-state index contributed by atoms with van der Waals surface area (Å²) in [5.41, 5.74) is 2.27. The van der Waals surface area contributed by atoms with Gasteiger partial charge in [0.1, 0.15) is 59.6 Å². The Morgan fingerprint density at radius 3 is 0.815 bits per heavy atom. The van der Waals surface area contributed by atoms with Gasteiger partial charge in [0.15, 0.2) is 0 Å². The second-order valence-electron chi connectivity index (χ2n) is 14.9. The van der Waals surface area contributed by atoms with Crippen LogP contribution < -0.4 is 18.1 Å². The molecule has 0 heterocycles. The highest BCUT2D eigenvalue weighted by Crippen LogP contribution is 2.56. The van der Waals surface area contributed by atoms with Gasteiger partial charge in [-0.25, -0.2) is 9.13 Å². The summed E-state index contributed by atoms with van der Waals surface area (Å²) in [7, 11) is -9.59. The molecule has 6 atom stereocenters. The minimum Gasteiger partial charge on any atom is -0.395 e. The lowest BCUT2D eigenvalue weighted by molar-refractivity contribution is -0.254. The van der Waals surface area contributed by atoms with Crippen molar-refractivity contribution in [3.8, 4) is 23.0 Å². The summed E-state index contributed by atoms with van der Waals surface area (Å²) in [6.07, 6.45) is -8.95. The van der Waals surface area contributed by atoms with Crippen molar-refractivity contribution >= 4 is 15.6 Å². The maximum absolute atomic E-state index is 15.4. The molecular formula is C51H48O12P2. The summed E-state index contributed by atoms with van der Waals surface area (Å²) >= 11 is 0. The van der Waals surface area contributed by atoms with Gasteiger partial charge in [0.2, 0.25) is 0 Å². The Labute approximate surface area is 378 Å². The molecule has 7 aromatic rings. The largest absolute Gasteiger partial charge is 0.588 e. The molecule has 0 aromatic heterocycles. The first-order valence-electron chi connectivity index (χ1n) is 21.0. The van der Waals surface area contributed by atoms with Crippen LogP contribution in [0.4, 0.5) is 0 Å². The zero-order valence-corrected chi connectivity index (χ0v) is 36.9. The standard InChI is InChI=1S/C51H48O12P2/c52-46-47(55-36-39-22-8-1-9-23-39)50(62-64(53,58-42-28-14-4-15-29-42)59-43-30-16-5-17-31-43)49(57-38-41-26-12-3-13-27-41)51(48(46)56-37-40-24-10-2-11-25-40)63-65(54,60-44-32-18-6-19-33-44)61-45-34-20-7-21-35-45/h1-35,46-52H,36-38H2/t46?,47-,48+,49?,50+,51-. The first kappa shape index (κ1) is 45.5. The van der Waals surface area contributed by atoms with Crippen molar-refractivity contribution in [2.24, 2.45) is 0 Å². The van der Waals surface area contributed by atoms with Crippen LogP contribution in [0.1, 0.15) is 16.7 Å². The topological polar surface area (TPSA) is 137 Å². The highest BCUT2D eigenvalue weighted by molar-refractivity contribution is 7.49. The molecule has 0 bridgehead atoms. The molecule has 2 unspecified atom stereocenters. The lowest BCUT2D eigenvalue weighted by Gasteiger charge is -2.48. The Hall–Kier alpha value is -6.04. The molecule has 0 radical (unpaired) electrons. The van der Waals surface area contributed by atoms with Crippen molar-refractivity contribution in [2.45, 2.75) is 56.4 Å². The molecule has 1 aliphatic carbocycles. The minimum atomic E-state index is -4.79. The van der Waals surface area contributed by atoms with E-state index in [1.54, 1.807) is 121 Å². The van der Waals surface area contributed by atoms with Crippen LogP contribution >= 0.6 is 15.6 Å². The lowest BCUT2D eigenvalue weighted by atomic mass is 9.84. The van der Waals surface area contributed by atoms with Crippen LogP contribution in [-0.4, -0.2) is 41.7 Å². The molecule has 1 fully saturated rings. The number of aliphatic hydroxyl groups excluding tert-OH is 1. The smallest absolute Gasteiger partial charge is 0.395 e. The molecule has 0 amide bonds. The molecule has 0 saturated heterocycles. The summed E-state index contributed by atoms with van der Waals surface area (Å²) in [4.78, 5) is 0. The average molecular weight is 915 g/mol. The molecule has 7 aromatic carbocycles. The Morgan fingerprint density at radius 1 is 0.323 bits per heavy atom. The Kier molecular flexibility index (Phi) is 15.6. The van der Waals surface area contributed by atoms with Gasteiger partial charge in [-0.1, -0.05) is 164 Å². The van der Waals surface area contributed by atoms with Crippen LogP contribution in [0.15, 0.2) is 212 Å². The Morgan fingerprint density at radius 2 is 0.554 bits per heavy atom. The zero-order valence-electron chi connectivity index (χ0n) is 35.1. The number of aliphatic hydroxyl groups is 1. The Bertz CT molecular complexity index is 2310. The van der Waals surface area contributed by atoms with Crippen LogP contribution in [0.3, 0.4) is 0 Å². The zero-order chi connectivity index (χ0) is 44.7. The van der Waals surface area contributed by atoms with Crippen molar-refractivity contribution in [1.29, 1.82) is 0 Å². The van der Waals surface area contributed by atoms with Crippen molar-refractivity contribution in [3.05, 3.63) is 229 Å². The van der Waals surface area contributed by atoms with Crippen LogP contribution in [0.25, 0.3) is 0 Å². The SMILES string of the molecule is O=P(Oc1ccccc1)(Oc1ccccc1)O[C@@H]1C(OCc2ccccc2)[C@H](OP(=O)(Oc2ccccc2)Oc2ccccc2)[C@@H](OCc2ccccc2)C(O)[C@H]1OCc1ccccc1. The second-order valence-corrected chi connectivity index (χ2v) is 17.9. The number of para-hydroxylation sites is 4. The second kappa shape index (κ2) is 22.2. The molecule has 334 valence electrons. The number of ether oxygens (including phenoxy) is 3. The van der Waals surface area contributed by atoms with Gasteiger partial charge in [-0.3, -0.25) is 9.05 Å². The molecule has 1 aliphatic rings.